The lowest BCUT2D eigenvalue weighted by atomic mass is 10.2. The van der Waals surface area contributed by atoms with E-state index >= 15 is 0 Å². The highest BCUT2D eigenvalue weighted by molar-refractivity contribution is 7.15. The number of hydrogen-bond acceptors (Lipinski definition) is 6. The van der Waals surface area contributed by atoms with E-state index in [-0.39, 0.29) is 17.5 Å². The predicted molar refractivity (Wildman–Crippen MR) is 110 cm³/mol. The Morgan fingerprint density at radius 1 is 1.04 bits per heavy atom. The predicted octanol–water partition coefficient (Wildman–Crippen LogP) is 3.53. The minimum atomic E-state index is -0.442. The molecule has 1 heterocycles. The average Bonchev–Trinajstić information content (AvgIpc) is 3.10. The first-order chi connectivity index (χ1) is 13.6. The number of halogens is 1. The zero-order chi connectivity index (χ0) is 19.8. The number of carbonyl (C=O) groups is 2. The van der Waals surface area contributed by atoms with Gasteiger partial charge in [0.15, 0.2) is 0 Å². The zero-order valence-electron chi connectivity index (χ0n) is 14.4. The fraction of sp³-hybridized carbons (Fsp3) is 0.0556. The molecular weight excluding hydrogens is 400 g/mol. The van der Waals surface area contributed by atoms with Gasteiger partial charge in [0.25, 0.3) is 0 Å². The van der Waals surface area contributed by atoms with Crippen LogP contribution in [-0.4, -0.2) is 28.4 Å². The number of urea groups is 1. The van der Waals surface area contributed by atoms with Crippen LogP contribution in [0.4, 0.5) is 15.6 Å². The van der Waals surface area contributed by atoms with Crippen molar-refractivity contribution in [2.45, 2.75) is 6.42 Å². The van der Waals surface area contributed by atoms with E-state index in [1.807, 2.05) is 24.3 Å². The second-order valence-corrected chi connectivity index (χ2v) is 6.91. The molecule has 0 saturated carbocycles. The normalized spacial score (nSPS) is 10.6. The molecule has 8 nitrogen and oxygen atoms in total. The maximum absolute atomic E-state index is 11.9. The van der Waals surface area contributed by atoms with Crippen molar-refractivity contribution in [2.24, 2.45) is 5.10 Å². The Morgan fingerprint density at radius 2 is 1.79 bits per heavy atom. The van der Waals surface area contributed by atoms with Crippen LogP contribution in [0.3, 0.4) is 0 Å². The number of amides is 3. The highest BCUT2D eigenvalue weighted by Crippen LogP contribution is 2.16. The van der Waals surface area contributed by atoms with Gasteiger partial charge in [-0.2, -0.15) is 5.10 Å². The molecule has 3 rings (SSSR count). The standard InChI is InChI=1S/C18H15ClN6O2S/c19-14-9-5-4-6-12(14)11-20-23-15(26)10-16-24-25-18(28-16)22-17(27)21-13-7-2-1-3-8-13/h1-9,11H,10H2,(H,23,26)(H2,21,22,25,27)/b20-11-. The summed E-state index contributed by atoms with van der Waals surface area (Å²) in [4.78, 5) is 23.9. The molecule has 0 bridgehead atoms. The first-order valence-corrected chi connectivity index (χ1v) is 9.31. The van der Waals surface area contributed by atoms with Gasteiger partial charge < -0.3 is 5.32 Å². The zero-order valence-corrected chi connectivity index (χ0v) is 16.0. The molecule has 0 saturated heterocycles. The third-order valence-corrected chi connectivity index (χ3v) is 4.51. The fourth-order valence-electron chi connectivity index (χ4n) is 2.09. The van der Waals surface area contributed by atoms with Gasteiger partial charge in [-0.25, -0.2) is 10.2 Å². The van der Waals surface area contributed by atoms with E-state index in [0.29, 0.717) is 21.3 Å². The van der Waals surface area contributed by atoms with Gasteiger partial charge in [-0.3, -0.25) is 10.1 Å². The third kappa shape index (κ3) is 5.86. The summed E-state index contributed by atoms with van der Waals surface area (Å²) in [7, 11) is 0. The number of anilines is 2. The van der Waals surface area contributed by atoms with Crippen LogP contribution in [0.25, 0.3) is 0 Å². The maximum Gasteiger partial charge on any atom is 0.325 e. The van der Waals surface area contributed by atoms with E-state index in [0.717, 1.165) is 11.3 Å². The molecule has 142 valence electrons. The lowest BCUT2D eigenvalue weighted by Gasteiger charge is -2.03. The molecule has 1 aromatic heterocycles. The van der Waals surface area contributed by atoms with Gasteiger partial charge in [0, 0.05) is 16.3 Å². The van der Waals surface area contributed by atoms with Gasteiger partial charge in [0.05, 0.1) is 12.6 Å². The summed E-state index contributed by atoms with van der Waals surface area (Å²) in [5, 5.41) is 18.1. The Balaban J connectivity index is 1.48. The maximum atomic E-state index is 11.9. The quantitative estimate of drug-likeness (QED) is 0.423. The van der Waals surface area contributed by atoms with Gasteiger partial charge >= 0.3 is 6.03 Å². The third-order valence-electron chi connectivity index (χ3n) is 3.33. The van der Waals surface area contributed by atoms with Crippen LogP contribution in [-0.2, 0) is 11.2 Å². The first kappa shape index (κ1) is 19.5. The van der Waals surface area contributed by atoms with Crippen LogP contribution >= 0.6 is 22.9 Å². The van der Waals surface area contributed by atoms with Crippen molar-refractivity contribution in [3.8, 4) is 0 Å². The van der Waals surface area contributed by atoms with Crippen LogP contribution in [0.5, 0.6) is 0 Å². The number of hydrogen-bond donors (Lipinski definition) is 3. The van der Waals surface area contributed by atoms with Crippen LogP contribution in [0.15, 0.2) is 59.7 Å². The summed E-state index contributed by atoms with van der Waals surface area (Å²) in [6, 6.07) is 15.7. The monoisotopic (exact) mass is 414 g/mol. The molecule has 0 fully saturated rings. The number of carbonyl (C=O) groups excluding carboxylic acids is 2. The molecule has 28 heavy (non-hydrogen) atoms. The summed E-state index contributed by atoms with van der Waals surface area (Å²) >= 11 is 7.11. The van der Waals surface area contributed by atoms with Gasteiger partial charge in [-0.15, -0.1) is 10.2 Å². The van der Waals surface area contributed by atoms with E-state index in [1.54, 1.807) is 30.3 Å². The van der Waals surface area contributed by atoms with E-state index in [9.17, 15) is 9.59 Å². The Hall–Kier alpha value is -3.30. The van der Waals surface area contributed by atoms with Crippen LogP contribution in [0, 0.1) is 0 Å². The summed E-state index contributed by atoms with van der Waals surface area (Å²) in [5.41, 5.74) is 3.74. The Kier molecular flexibility index (Phi) is 6.66. The molecule has 10 heteroatoms. The molecule has 0 unspecified atom stereocenters. The number of nitrogens with zero attached hydrogens (tertiary/aromatic N) is 3. The lowest BCUT2D eigenvalue weighted by Crippen LogP contribution is -2.19. The Labute approximate surface area is 169 Å². The molecule has 3 N–H and O–H groups in total. The van der Waals surface area contributed by atoms with Gasteiger partial charge in [0.1, 0.15) is 5.01 Å². The lowest BCUT2D eigenvalue weighted by molar-refractivity contribution is -0.120. The Bertz CT molecular complexity index is 993. The van der Waals surface area contributed by atoms with Crippen LogP contribution < -0.4 is 16.1 Å². The molecule has 0 spiro atoms. The molecule has 3 amide bonds. The highest BCUT2D eigenvalue weighted by atomic mass is 35.5. The van der Waals surface area contributed by atoms with Gasteiger partial charge in [-0.1, -0.05) is 59.3 Å². The Morgan fingerprint density at radius 3 is 2.57 bits per heavy atom. The number of benzene rings is 2. The van der Waals surface area contributed by atoms with E-state index in [2.05, 4.69) is 31.4 Å². The average molecular weight is 415 g/mol. The van der Waals surface area contributed by atoms with Crippen molar-refractivity contribution < 1.29 is 9.59 Å². The molecule has 2 aromatic carbocycles. The summed E-state index contributed by atoms with van der Waals surface area (Å²) in [6.07, 6.45) is 1.45. The molecule has 0 radical (unpaired) electrons. The van der Waals surface area contributed by atoms with Crippen molar-refractivity contribution in [2.75, 3.05) is 10.6 Å². The second kappa shape index (κ2) is 9.58. The smallest absolute Gasteiger partial charge is 0.308 e. The van der Waals surface area contributed by atoms with Crippen LogP contribution in [0.1, 0.15) is 10.6 Å². The van der Waals surface area contributed by atoms with Gasteiger partial charge in [-0.05, 0) is 18.2 Å². The molecule has 3 aromatic rings. The number of para-hydroxylation sites is 1. The highest BCUT2D eigenvalue weighted by Gasteiger charge is 2.11. The summed E-state index contributed by atoms with van der Waals surface area (Å²) < 4.78 is 0. The first-order valence-electron chi connectivity index (χ1n) is 8.12. The number of aromatic nitrogens is 2. The van der Waals surface area contributed by atoms with Crippen molar-refractivity contribution in [1.29, 1.82) is 0 Å². The second-order valence-electron chi connectivity index (χ2n) is 5.44. The largest absolute Gasteiger partial charge is 0.325 e. The minimum Gasteiger partial charge on any atom is -0.308 e. The van der Waals surface area contributed by atoms with Crippen molar-refractivity contribution in [3.63, 3.8) is 0 Å². The fourth-order valence-corrected chi connectivity index (χ4v) is 3.00. The molecular formula is C18H15ClN6O2S. The minimum absolute atomic E-state index is 0.0144. The summed E-state index contributed by atoms with van der Waals surface area (Å²) in [6.45, 7) is 0. The molecule has 0 aliphatic rings. The molecule has 0 aliphatic carbocycles. The SMILES string of the molecule is O=C(Cc1nnc(NC(=O)Nc2ccccc2)s1)N/N=C\c1ccccc1Cl. The topological polar surface area (TPSA) is 108 Å². The number of nitrogens with one attached hydrogen (secondary N) is 3. The van der Waals surface area contributed by atoms with E-state index in [1.165, 1.54) is 6.21 Å². The molecule has 0 aliphatic heterocycles. The number of rotatable bonds is 6. The van der Waals surface area contributed by atoms with Crippen molar-refractivity contribution in [1.82, 2.24) is 15.6 Å². The van der Waals surface area contributed by atoms with Crippen molar-refractivity contribution >= 4 is 51.9 Å². The summed E-state index contributed by atoms with van der Waals surface area (Å²) in [5.74, 6) is -0.361. The van der Waals surface area contributed by atoms with E-state index < -0.39 is 6.03 Å². The van der Waals surface area contributed by atoms with Gasteiger partial charge in [0.2, 0.25) is 11.0 Å². The van der Waals surface area contributed by atoms with Crippen LogP contribution in [0.2, 0.25) is 5.02 Å². The number of hydrazone groups is 1. The van der Waals surface area contributed by atoms with Crippen molar-refractivity contribution in [3.05, 3.63) is 70.2 Å². The van der Waals surface area contributed by atoms with E-state index in [4.69, 9.17) is 11.6 Å². The molecule has 0 atom stereocenters.